The van der Waals surface area contributed by atoms with Gasteiger partial charge in [-0.2, -0.15) is 0 Å². The minimum atomic E-state index is -1.05. The smallest absolute Gasteiger partial charge is 0.335 e. The van der Waals surface area contributed by atoms with Crippen molar-refractivity contribution in [1.82, 2.24) is 0 Å². The summed E-state index contributed by atoms with van der Waals surface area (Å²) in [5.74, 6) is -0.548. The Hall–Kier alpha value is -1.35. The highest BCUT2D eigenvalue weighted by Crippen LogP contribution is 2.11. The molecule has 0 spiro atoms. The minimum Gasteiger partial charge on any atom is -0.458 e. The summed E-state index contributed by atoms with van der Waals surface area (Å²) in [5.41, 5.74) is 0.556. The molecule has 0 saturated heterocycles. The third-order valence-corrected chi connectivity index (χ3v) is 2.23. The topological polar surface area (TPSA) is 46.5 Å². The van der Waals surface area contributed by atoms with Crippen LogP contribution >= 0.6 is 0 Å². The molecule has 17 heavy (non-hydrogen) atoms. The highest BCUT2D eigenvalue weighted by Gasteiger charge is 2.22. The van der Waals surface area contributed by atoms with Gasteiger partial charge in [0.05, 0.1) is 0 Å². The lowest BCUT2D eigenvalue weighted by atomic mass is 10.1. The number of hydrogen-bond donors (Lipinski definition) is 1. The van der Waals surface area contributed by atoms with E-state index in [1.807, 2.05) is 30.3 Å². The van der Waals surface area contributed by atoms with Crippen molar-refractivity contribution in [2.24, 2.45) is 0 Å². The number of aliphatic hydroxyl groups is 1. The van der Waals surface area contributed by atoms with Crippen LogP contribution in [0.3, 0.4) is 0 Å². The van der Waals surface area contributed by atoms with Crippen LogP contribution in [0.2, 0.25) is 0 Å². The van der Waals surface area contributed by atoms with E-state index < -0.39 is 17.7 Å². The van der Waals surface area contributed by atoms with Crippen molar-refractivity contribution in [3.8, 4) is 0 Å². The number of carbonyl (C=O) groups is 1. The van der Waals surface area contributed by atoms with Crippen LogP contribution in [0.5, 0.6) is 0 Å². The molecule has 1 aromatic carbocycles. The summed E-state index contributed by atoms with van der Waals surface area (Å²) in [7, 11) is 0. The van der Waals surface area contributed by atoms with E-state index >= 15 is 0 Å². The SMILES string of the molecule is CC(C)(C)OC(=O)C(O)CCc1ccccc1. The van der Waals surface area contributed by atoms with Crippen molar-refractivity contribution in [3.63, 3.8) is 0 Å². The summed E-state index contributed by atoms with van der Waals surface area (Å²) < 4.78 is 5.10. The zero-order chi connectivity index (χ0) is 12.9. The van der Waals surface area contributed by atoms with Gasteiger partial charge in [0.1, 0.15) is 5.60 Å². The van der Waals surface area contributed by atoms with E-state index in [4.69, 9.17) is 4.74 Å². The monoisotopic (exact) mass is 236 g/mol. The summed E-state index contributed by atoms with van der Waals surface area (Å²) in [6.45, 7) is 5.36. The fraction of sp³-hybridized carbons (Fsp3) is 0.500. The fourth-order valence-electron chi connectivity index (χ4n) is 1.44. The van der Waals surface area contributed by atoms with Gasteiger partial charge in [0.2, 0.25) is 0 Å². The Morgan fingerprint density at radius 3 is 2.41 bits per heavy atom. The third kappa shape index (κ3) is 5.50. The second kappa shape index (κ2) is 5.82. The van der Waals surface area contributed by atoms with Gasteiger partial charge < -0.3 is 9.84 Å². The van der Waals surface area contributed by atoms with Gasteiger partial charge in [-0.1, -0.05) is 30.3 Å². The molecule has 1 N–H and O–H groups in total. The van der Waals surface area contributed by atoms with Gasteiger partial charge in [-0.3, -0.25) is 0 Å². The molecule has 1 rings (SSSR count). The molecule has 0 aliphatic carbocycles. The summed E-state index contributed by atoms with van der Waals surface area (Å²) >= 11 is 0. The van der Waals surface area contributed by atoms with E-state index in [0.717, 1.165) is 5.56 Å². The number of carbonyl (C=O) groups excluding carboxylic acids is 1. The maximum Gasteiger partial charge on any atom is 0.335 e. The van der Waals surface area contributed by atoms with Crippen molar-refractivity contribution in [2.75, 3.05) is 0 Å². The minimum absolute atomic E-state index is 0.388. The molecule has 0 aliphatic heterocycles. The predicted molar refractivity (Wildman–Crippen MR) is 66.6 cm³/mol. The molecule has 1 atom stereocenters. The first-order valence-electron chi connectivity index (χ1n) is 5.83. The van der Waals surface area contributed by atoms with Crippen LogP contribution in [0.1, 0.15) is 32.8 Å². The summed E-state index contributed by atoms with van der Waals surface area (Å²) in [6, 6.07) is 9.77. The number of ether oxygens (including phenoxy) is 1. The maximum absolute atomic E-state index is 11.5. The van der Waals surface area contributed by atoms with Gasteiger partial charge in [0.25, 0.3) is 0 Å². The van der Waals surface area contributed by atoms with E-state index in [0.29, 0.717) is 12.8 Å². The number of aliphatic hydroxyl groups excluding tert-OH is 1. The van der Waals surface area contributed by atoms with Crippen LogP contribution in [-0.4, -0.2) is 22.8 Å². The molecule has 0 amide bonds. The highest BCUT2D eigenvalue weighted by atomic mass is 16.6. The lowest BCUT2D eigenvalue weighted by molar-refractivity contribution is -0.165. The molecule has 0 fully saturated rings. The van der Waals surface area contributed by atoms with Gasteiger partial charge in [-0.25, -0.2) is 4.79 Å². The first kappa shape index (κ1) is 13.7. The molecule has 0 saturated carbocycles. The zero-order valence-electron chi connectivity index (χ0n) is 10.6. The van der Waals surface area contributed by atoms with Crippen LogP contribution in [0.15, 0.2) is 30.3 Å². The first-order chi connectivity index (χ1) is 7.88. The van der Waals surface area contributed by atoms with E-state index in [1.165, 1.54) is 0 Å². The average Bonchev–Trinajstić information content (AvgIpc) is 2.25. The molecular weight excluding hydrogens is 216 g/mol. The van der Waals surface area contributed by atoms with Gasteiger partial charge in [0.15, 0.2) is 6.10 Å². The van der Waals surface area contributed by atoms with Gasteiger partial charge in [-0.15, -0.1) is 0 Å². The Morgan fingerprint density at radius 1 is 1.29 bits per heavy atom. The number of rotatable bonds is 4. The number of esters is 1. The van der Waals surface area contributed by atoms with E-state index in [-0.39, 0.29) is 0 Å². The molecule has 1 unspecified atom stereocenters. The molecule has 0 heterocycles. The van der Waals surface area contributed by atoms with Gasteiger partial charge in [0, 0.05) is 0 Å². The van der Waals surface area contributed by atoms with Crippen LogP contribution in [-0.2, 0) is 16.0 Å². The summed E-state index contributed by atoms with van der Waals surface area (Å²) in [5, 5.41) is 9.67. The average molecular weight is 236 g/mol. The van der Waals surface area contributed by atoms with Crippen LogP contribution in [0.4, 0.5) is 0 Å². The fourth-order valence-corrected chi connectivity index (χ4v) is 1.44. The molecule has 3 nitrogen and oxygen atoms in total. The molecule has 1 aromatic rings. The van der Waals surface area contributed by atoms with Gasteiger partial charge in [-0.05, 0) is 39.2 Å². The largest absolute Gasteiger partial charge is 0.458 e. The second-order valence-electron chi connectivity index (χ2n) is 5.07. The predicted octanol–water partition coefficient (Wildman–Crippen LogP) is 2.32. The van der Waals surface area contributed by atoms with Crippen molar-refractivity contribution >= 4 is 5.97 Å². The normalized spacial score (nSPS) is 13.2. The summed E-state index contributed by atoms with van der Waals surface area (Å²) in [6.07, 6.45) is 0.00891. The third-order valence-electron chi connectivity index (χ3n) is 2.23. The van der Waals surface area contributed by atoms with E-state index in [2.05, 4.69) is 0 Å². The van der Waals surface area contributed by atoms with E-state index in [9.17, 15) is 9.90 Å². The Labute approximate surface area is 102 Å². The lowest BCUT2D eigenvalue weighted by Gasteiger charge is -2.21. The Morgan fingerprint density at radius 2 is 1.88 bits per heavy atom. The number of hydrogen-bond acceptors (Lipinski definition) is 3. The Balaban J connectivity index is 2.40. The Kier molecular flexibility index (Phi) is 4.70. The highest BCUT2D eigenvalue weighted by molar-refractivity contribution is 5.74. The van der Waals surface area contributed by atoms with Crippen LogP contribution in [0, 0.1) is 0 Å². The quantitative estimate of drug-likeness (QED) is 0.816. The van der Waals surface area contributed by atoms with Gasteiger partial charge >= 0.3 is 5.97 Å². The molecule has 0 aliphatic rings. The molecule has 0 bridgehead atoms. The van der Waals surface area contributed by atoms with Crippen molar-refractivity contribution in [1.29, 1.82) is 0 Å². The number of benzene rings is 1. The van der Waals surface area contributed by atoms with Crippen molar-refractivity contribution in [3.05, 3.63) is 35.9 Å². The molecular formula is C14H20O3. The molecule has 0 radical (unpaired) electrons. The molecule has 3 heteroatoms. The van der Waals surface area contributed by atoms with Crippen molar-refractivity contribution in [2.45, 2.75) is 45.3 Å². The molecule has 0 aromatic heterocycles. The second-order valence-corrected chi connectivity index (χ2v) is 5.07. The maximum atomic E-state index is 11.5. The molecule has 94 valence electrons. The standard InChI is InChI=1S/C14H20O3/c1-14(2,3)17-13(16)12(15)10-9-11-7-5-4-6-8-11/h4-8,12,15H,9-10H2,1-3H3. The van der Waals surface area contributed by atoms with Crippen LogP contribution in [0.25, 0.3) is 0 Å². The number of aryl methyl sites for hydroxylation is 1. The lowest BCUT2D eigenvalue weighted by Crippen LogP contribution is -2.32. The Bertz CT molecular complexity index is 351. The first-order valence-corrected chi connectivity index (χ1v) is 5.83. The van der Waals surface area contributed by atoms with Crippen LogP contribution < -0.4 is 0 Å². The summed E-state index contributed by atoms with van der Waals surface area (Å²) in [4.78, 5) is 11.5. The van der Waals surface area contributed by atoms with Crippen molar-refractivity contribution < 1.29 is 14.6 Å². The van der Waals surface area contributed by atoms with E-state index in [1.54, 1.807) is 20.8 Å². The zero-order valence-corrected chi connectivity index (χ0v) is 10.6.